The van der Waals surface area contributed by atoms with Gasteiger partial charge in [-0.1, -0.05) is 26.0 Å². The van der Waals surface area contributed by atoms with Crippen molar-refractivity contribution in [3.05, 3.63) is 53.4 Å². The fraction of sp³-hybridized carbons (Fsp3) is 0.385. The number of fused-ring (bicyclic) bond motifs is 3. The second-order valence-corrected chi connectivity index (χ2v) is 10.0. The summed E-state index contributed by atoms with van der Waals surface area (Å²) in [6, 6.07) is 3.75. The molecular formula is C26H29N3O3. The summed E-state index contributed by atoms with van der Waals surface area (Å²) in [5, 5.41) is 3.83. The molecule has 4 heterocycles. The molecule has 3 aliphatic heterocycles. The second-order valence-electron chi connectivity index (χ2n) is 10.0. The van der Waals surface area contributed by atoms with Crippen LogP contribution in [0.2, 0.25) is 0 Å². The van der Waals surface area contributed by atoms with Gasteiger partial charge in [-0.15, -0.1) is 6.58 Å². The van der Waals surface area contributed by atoms with Crippen molar-refractivity contribution in [1.82, 2.24) is 15.2 Å². The Balaban J connectivity index is 1.69. The number of aromatic nitrogens is 1. The molecule has 32 heavy (non-hydrogen) atoms. The molecule has 6 nitrogen and oxygen atoms in total. The number of H-pyrrole nitrogens is 1. The largest absolute Gasteiger partial charge is 0.483 e. The van der Waals surface area contributed by atoms with E-state index in [0.29, 0.717) is 12.2 Å². The highest BCUT2D eigenvalue weighted by molar-refractivity contribution is 6.09. The van der Waals surface area contributed by atoms with Gasteiger partial charge in [0, 0.05) is 45.7 Å². The van der Waals surface area contributed by atoms with Gasteiger partial charge in [0.15, 0.2) is 0 Å². The summed E-state index contributed by atoms with van der Waals surface area (Å²) in [6.07, 6.45) is 9.39. The summed E-state index contributed by atoms with van der Waals surface area (Å²) in [5.41, 5.74) is 3.29. The van der Waals surface area contributed by atoms with Crippen molar-refractivity contribution in [2.75, 3.05) is 6.54 Å². The first-order chi connectivity index (χ1) is 15.1. The topological polar surface area (TPSA) is 74.4 Å². The van der Waals surface area contributed by atoms with E-state index in [0.717, 1.165) is 46.3 Å². The minimum atomic E-state index is -0.375. The van der Waals surface area contributed by atoms with E-state index in [1.165, 1.54) is 0 Å². The van der Waals surface area contributed by atoms with Crippen LogP contribution in [0, 0.1) is 0 Å². The zero-order chi connectivity index (χ0) is 22.8. The molecular weight excluding hydrogens is 402 g/mol. The number of hydrogen-bond donors (Lipinski definition) is 2. The van der Waals surface area contributed by atoms with Crippen molar-refractivity contribution >= 4 is 34.9 Å². The number of allylic oxidation sites excluding steroid dienone is 1. The lowest BCUT2D eigenvalue weighted by molar-refractivity contribution is -0.140. The van der Waals surface area contributed by atoms with Gasteiger partial charge in [-0.25, -0.2) is 0 Å². The summed E-state index contributed by atoms with van der Waals surface area (Å²) in [6.45, 7) is 12.8. The van der Waals surface area contributed by atoms with Crippen molar-refractivity contribution in [3.63, 3.8) is 0 Å². The molecule has 1 atom stereocenters. The van der Waals surface area contributed by atoms with Crippen molar-refractivity contribution in [2.45, 2.75) is 57.6 Å². The lowest BCUT2D eigenvalue weighted by Gasteiger charge is -2.30. The standard InChI is InChI=1S/C26H29N3O3/c1-6-25(2,3)22-17(13-19-24(31)29-11-7-8-20(29)23(30)28-19)16-12-15-9-10-26(4,5)32-21(15)14-18(16)27-22/h6,9-10,12-14,20,27H,1,7-8,11H2,2-5H3,(H,28,30). The van der Waals surface area contributed by atoms with Gasteiger partial charge >= 0.3 is 0 Å². The molecule has 1 aromatic heterocycles. The van der Waals surface area contributed by atoms with Crippen LogP contribution in [0.15, 0.2) is 36.6 Å². The first kappa shape index (κ1) is 20.6. The number of nitrogens with one attached hydrogen (secondary N) is 2. The molecule has 5 rings (SSSR count). The molecule has 2 saturated heterocycles. The first-order valence-electron chi connectivity index (χ1n) is 11.2. The lowest BCUT2D eigenvalue weighted by Crippen LogP contribution is -2.53. The van der Waals surface area contributed by atoms with Gasteiger partial charge in [0.05, 0.1) is 0 Å². The van der Waals surface area contributed by atoms with Crippen LogP contribution in [0.5, 0.6) is 5.75 Å². The minimum absolute atomic E-state index is 0.103. The number of benzene rings is 1. The molecule has 166 valence electrons. The summed E-state index contributed by atoms with van der Waals surface area (Å²) in [7, 11) is 0. The van der Waals surface area contributed by atoms with Gasteiger partial charge in [0.2, 0.25) is 5.91 Å². The zero-order valence-corrected chi connectivity index (χ0v) is 19.0. The number of ether oxygens (including phenoxy) is 1. The number of hydrogen-bond acceptors (Lipinski definition) is 3. The molecule has 1 aromatic carbocycles. The summed E-state index contributed by atoms with van der Waals surface area (Å²) < 4.78 is 6.16. The van der Waals surface area contributed by atoms with Gasteiger partial charge in [-0.05, 0) is 44.9 Å². The van der Waals surface area contributed by atoms with E-state index in [1.54, 1.807) is 4.90 Å². The van der Waals surface area contributed by atoms with E-state index < -0.39 is 0 Å². The van der Waals surface area contributed by atoms with Crippen LogP contribution in [0.4, 0.5) is 0 Å². The first-order valence-corrected chi connectivity index (χ1v) is 11.2. The smallest absolute Gasteiger partial charge is 0.271 e. The number of rotatable bonds is 3. The number of piperazine rings is 1. The number of amides is 2. The number of carbonyl (C=O) groups is 2. The molecule has 0 spiro atoms. The summed E-state index contributed by atoms with van der Waals surface area (Å²) in [4.78, 5) is 31.0. The third kappa shape index (κ3) is 3.17. The van der Waals surface area contributed by atoms with Gasteiger partial charge in [0.25, 0.3) is 5.91 Å². The maximum Gasteiger partial charge on any atom is 0.271 e. The quantitative estimate of drug-likeness (QED) is 0.563. The van der Waals surface area contributed by atoms with Crippen LogP contribution in [-0.2, 0) is 15.0 Å². The Morgan fingerprint density at radius 2 is 2.06 bits per heavy atom. The third-order valence-electron chi connectivity index (χ3n) is 6.75. The van der Waals surface area contributed by atoms with Gasteiger partial charge in [0.1, 0.15) is 23.1 Å². The van der Waals surface area contributed by atoms with Crippen LogP contribution < -0.4 is 10.1 Å². The number of nitrogens with zero attached hydrogens (tertiary/aromatic N) is 1. The SMILES string of the molecule is C=CC(C)(C)c1[nH]c2cc3c(cc2c1C=C1NC(=O)C2CCCN2C1=O)C=CC(C)(C)O3. The van der Waals surface area contributed by atoms with E-state index in [2.05, 4.69) is 42.9 Å². The van der Waals surface area contributed by atoms with E-state index in [4.69, 9.17) is 4.74 Å². The van der Waals surface area contributed by atoms with Crippen molar-refractivity contribution in [2.24, 2.45) is 0 Å². The molecule has 2 aromatic rings. The normalized spacial score (nSPS) is 23.2. The molecule has 1 unspecified atom stereocenters. The predicted octanol–water partition coefficient (Wildman–Crippen LogP) is 4.28. The Morgan fingerprint density at radius 3 is 2.81 bits per heavy atom. The molecule has 0 bridgehead atoms. The van der Waals surface area contributed by atoms with Crippen LogP contribution in [0.3, 0.4) is 0 Å². The molecule has 0 saturated carbocycles. The van der Waals surface area contributed by atoms with Crippen LogP contribution >= 0.6 is 0 Å². The second kappa shape index (κ2) is 6.86. The highest BCUT2D eigenvalue weighted by Gasteiger charge is 2.40. The third-order valence-corrected chi connectivity index (χ3v) is 6.75. The molecule has 0 aliphatic carbocycles. The molecule has 0 radical (unpaired) electrons. The highest BCUT2D eigenvalue weighted by Crippen LogP contribution is 2.40. The van der Waals surface area contributed by atoms with Gasteiger partial charge in [-0.2, -0.15) is 0 Å². The Kier molecular flexibility index (Phi) is 4.42. The maximum absolute atomic E-state index is 13.1. The van der Waals surface area contributed by atoms with Gasteiger partial charge in [-0.3, -0.25) is 9.59 Å². The minimum Gasteiger partial charge on any atom is -0.483 e. The van der Waals surface area contributed by atoms with Gasteiger partial charge < -0.3 is 19.9 Å². The van der Waals surface area contributed by atoms with Crippen molar-refractivity contribution < 1.29 is 14.3 Å². The van der Waals surface area contributed by atoms with Crippen LogP contribution in [0.1, 0.15) is 57.4 Å². The fourth-order valence-electron chi connectivity index (χ4n) is 4.79. The molecule has 3 aliphatic rings. The fourth-order valence-corrected chi connectivity index (χ4v) is 4.79. The maximum atomic E-state index is 13.1. The summed E-state index contributed by atoms with van der Waals surface area (Å²) in [5.74, 6) is 0.593. The zero-order valence-electron chi connectivity index (χ0n) is 19.0. The van der Waals surface area contributed by atoms with Crippen LogP contribution in [-0.4, -0.2) is 39.9 Å². The highest BCUT2D eigenvalue weighted by atomic mass is 16.5. The molecule has 6 heteroatoms. The Labute approximate surface area is 188 Å². The predicted molar refractivity (Wildman–Crippen MR) is 126 cm³/mol. The van der Waals surface area contributed by atoms with E-state index in [9.17, 15) is 9.59 Å². The Bertz CT molecular complexity index is 1230. The van der Waals surface area contributed by atoms with Crippen molar-refractivity contribution in [3.8, 4) is 5.75 Å². The summed E-state index contributed by atoms with van der Waals surface area (Å²) >= 11 is 0. The molecule has 2 N–H and O–H groups in total. The monoisotopic (exact) mass is 431 g/mol. The number of carbonyl (C=O) groups excluding carboxylic acids is 2. The Hall–Kier alpha value is -3.28. The molecule has 2 fully saturated rings. The van der Waals surface area contributed by atoms with Crippen molar-refractivity contribution in [1.29, 1.82) is 0 Å². The van der Waals surface area contributed by atoms with E-state index >= 15 is 0 Å². The average molecular weight is 432 g/mol. The van der Waals surface area contributed by atoms with E-state index in [1.807, 2.05) is 38.1 Å². The Morgan fingerprint density at radius 1 is 1.28 bits per heavy atom. The van der Waals surface area contributed by atoms with Crippen LogP contribution in [0.25, 0.3) is 23.1 Å². The van der Waals surface area contributed by atoms with E-state index in [-0.39, 0.29) is 28.9 Å². The average Bonchev–Trinajstić information content (AvgIpc) is 3.36. The molecule has 2 amide bonds. The lowest BCUT2D eigenvalue weighted by atomic mass is 9.86. The number of aromatic amines is 1.